The smallest absolute Gasteiger partial charge is 0.253 e. The number of hydrogen-bond acceptors (Lipinski definition) is 8. The minimum absolute atomic E-state index is 0.0954. The Labute approximate surface area is 168 Å². The van der Waals surface area contributed by atoms with Crippen LogP contribution in [0.25, 0.3) is 5.69 Å². The number of nitrogens with one attached hydrogen (secondary N) is 3. The predicted molar refractivity (Wildman–Crippen MR) is 110 cm³/mol. The third-order valence-corrected chi connectivity index (χ3v) is 5.16. The van der Waals surface area contributed by atoms with Gasteiger partial charge in [-0.25, -0.2) is 4.68 Å². The van der Waals surface area contributed by atoms with Crippen LogP contribution in [0.15, 0.2) is 53.0 Å². The van der Waals surface area contributed by atoms with Gasteiger partial charge in [0.1, 0.15) is 5.82 Å². The maximum atomic E-state index is 11.9. The van der Waals surface area contributed by atoms with Crippen LogP contribution in [0.1, 0.15) is 25.7 Å². The zero-order chi connectivity index (χ0) is 20.2. The molecule has 10 nitrogen and oxygen atoms in total. The van der Waals surface area contributed by atoms with Crippen molar-refractivity contribution in [3.05, 3.63) is 48.1 Å². The van der Waals surface area contributed by atoms with Crippen molar-refractivity contribution >= 4 is 17.8 Å². The number of aromatic nitrogens is 3. The predicted octanol–water partition coefficient (Wildman–Crippen LogP) is 0.193. The fourth-order valence-electron chi connectivity index (χ4n) is 3.63. The Kier molecular flexibility index (Phi) is 5.54. The van der Waals surface area contributed by atoms with Crippen molar-refractivity contribution in [1.29, 1.82) is 0 Å². The molecule has 1 aliphatic heterocycles. The molecule has 10 heteroatoms. The van der Waals surface area contributed by atoms with E-state index < -0.39 is 12.2 Å². The van der Waals surface area contributed by atoms with Crippen LogP contribution in [0.2, 0.25) is 0 Å². The van der Waals surface area contributed by atoms with Crippen LogP contribution < -0.4 is 27.4 Å². The third-order valence-electron chi connectivity index (χ3n) is 5.16. The molecule has 1 aromatic heterocycles. The first-order valence-electron chi connectivity index (χ1n) is 9.69. The van der Waals surface area contributed by atoms with Gasteiger partial charge in [-0.05, 0) is 31.0 Å². The van der Waals surface area contributed by atoms with E-state index in [2.05, 4.69) is 31.3 Å². The SMILES string of the molecule is NC(=O)C1=C(Nc2cccc(-n3ccnn3)c2)NC(N[C@@H]2CCCC[C@@H]2N)N=C1. The number of anilines is 1. The number of hydrogen-bond donors (Lipinski definition) is 5. The van der Waals surface area contributed by atoms with Crippen LogP contribution in [-0.2, 0) is 4.79 Å². The highest BCUT2D eigenvalue weighted by Crippen LogP contribution is 2.20. The van der Waals surface area contributed by atoms with Crippen LogP contribution in [0, 0.1) is 0 Å². The zero-order valence-corrected chi connectivity index (χ0v) is 16.0. The van der Waals surface area contributed by atoms with Crippen LogP contribution >= 0.6 is 0 Å². The van der Waals surface area contributed by atoms with Crippen molar-refractivity contribution in [2.45, 2.75) is 44.1 Å². The van der Waals surface area contributed by atoms with E-state index in [9.17, 15) is 4.79 Å². The van der Waals surface area contributed by atoms with E-state index in [1.807, 2.05) is 24.3 Å². The molecule has 0 bridgehead atoms. The molecule has 1 fully saturated rings. The van der Waals surface area contributed by atoms with Gasteiger partial charge in [-0.1, -0.05) is 24.1 Å². The van der Waals surface area contributed by atoms with Gasteiger partial charge in [0.05, 0.1) is 23.7 Å². The van der Waals surface area contributed by atoms with E-state index in [4.69, 9.17) is 11.5 Å². The molecule has 1 saturated carbocycles. The van der Waals surface area contributed by atoms with Crippen molar-refractivity contribution in [1.82, 2.24) is 25.6 Å². The number of nitrogens with zero attached hydrogens (tertiary/aromatic N) is 4. The lowest BCUT2D eigenvalue weighted by Crippen LogP contribution is -2.55. The van der Waals surface area contributed by atoms with E-state index in [-0.39, 0.29) is 17.7 Å². The summed E-state index contributed by atoms with van der Waals surface area (Å²) in [7, 11) is 0. The Morgan fingerprint density at radius 1 is 1.28 bits per heavy atom. The number of carbonyl (C=O) groups is 1. The molecule has 2 heterocycles. The highest BCUT2D eigenvalue weighted by molar-refractivity contribution is 6.12. The summed E-state index contributed by atoms with van der Waals surface area (Å²) in [5, 5.41) is 17.7. The molecule has 2 aliphatic rings. The Balaban J connectivity index is 1.51. The lowest BCUT2D eigenvalue weighted by molar-refractivity contribution is -0.114. The molecular weight excluding hydrogens is 370 g/mol. The van der Waals surface area contributed by atoms with Gasteiger partial charge in [-0.15, -0.1) is 5.10 Å². The number of primary amides is 1. The number of aliphatic imine (C=N–C) groups is 1. The quantitative estimate of drug-likeness (QED) is 0.469. The monoisotopic (exact) mass is 395 g/mol. The molecule has 29 heavy (non-hydrogen) atoms. The van der Waals surface area contributed by atoms with Gasteiger partial charge < -0.3 is 22.1 Å². The van der Waals surface area contributed by atoms with Gasteiger partial charge in [0.2, 0.25) is 0 Å². The van der Waals surface area contributed by atoms with Gasteiger partial charge >= 0.3 is 0 Å². The van der Waals surface area contributed by atoms with E-state index in [0.29, 0.717) is 5.82 Å². The van der Waals surface area contributed by atoms with Crippen LogP contribution in [-0.4, -0.2) is 45.5 Å². The number of benzene rings is 1. The molecule has 0 radical (unpaired) electrons. The van der Waals surface area contributed by atoms with Crippen molar-refractivity contribution in [3.63, 3.8) is 0 Å². The second kappa shape index (κ2) is 8.41. The summed E-state index contributed by atoms with van der Waals surface area (Å²) in [4.78, 5) is 16.3. The average molecular weight is 395 g/mol. The summed E-state index contributed by atoms with van der Waals surface area (Å²) in [5.74, 6) is -0.0749. The van der Waals surface area contributed by atoms with Crippen molar-refractivity contribution in [2.24, 2.45) is 16.5 Å². The number of nitrogens with two attached hydrogens (primary N) is 2. The topological polar surface area (TPSA) is 148 Å². The van der Waals surface area contributed by atoms with Crippen LogP contribution in [0.3, 0.4) is 0 Å². The van der Waals surface area contributed by atoms with Gasteiger partial charge in [-0.2, -0.15) is 0 Å². The first-order chi connectivity index (χ1) is 14.1. The normalized spacial score (nSPS) is 24.2. The summed E-state index contributed by atoms with van der Waals surface area (Å²) < 4.78 is 1.65. The van der Waals surface area contributed by atoms with Gasteiger partial charge in [0.25, 0.3) is 5.91 Å². The molecule has 0 saturated heterocycles. The number of rotatable bonds is 6. The van der Waals surface area contributed by atoms with E-state index in [1.165, 1.54) is 6.21 Å². The summed E-state index contributed by atoms with van der Waals surface area (Å²) in [6.45, 7) is 0. The molecule has 3 atom stereocenters. The minimum Gasteiger partial charge on any atom is -0.365 e. The Hall–Kier alpha value is -3.24. The first kappa shape index (κ1) is 19.1. The largest absolute Gasteiger partial charge is 0.365 e. The Bertz CT molecular complexity index is 922. The fraction of sp³-hybridized carbons (Fsp3) is 0.368. The molecule has 1 aliphatic carbocycles. The van der Waals surface area contributed by atoms with Crippen molar-refractivity contribution < 1.29 is 4.79 Å². The van der Waals surface area contributed by atoms with Gasteiger partial charge in [0, 0.05) is 24.0 Å². The summed E-state index contributed by atoms with van der Waals surface area (Å²) in [5.41, 5.74) is 13.7. The molecule has 1 aromatic carbocycles. The number of carbonyl (C=O) groups excluding carboxylic acids is 1. The Morgan fingerprint density at radius 3 is 2.90 bits per heavy atom. The van der Waals surface area contributed by atoms with Gasteiger partial charge in [0.15, 0.2) is 6.29 Å². The zero-order valence-electron chi connectivity index (χ0n) is 16.0. The van der Waals surface area contributed by atoms with E-state index in [0.717, 1.165) is 37.1 Å². The molecule has 152 valence electrons. The number of amides is 1. The van der Waals surface area contributed by atoms with Crippen molar-refractivity contribution in [2.75, 3.05) is 5.32 Å². The van der Waals surface area contributed by atoms with Gasteiger partial charge in [-0.3, -0.25) is 15.1 Å². The van der Waals surface area contributed by atoms with E-state index >= 15 is 0 Å². The molecule has 4 rings (SSSR count). The second-order valence-electron chi connectivity index (χ2n) is 7.22. The lowest BCUT2D eigenvalue weighted by Gasteiger charge is -2.34. The van der Waals surface area contributed by atoms with Crippen molar-refractivity contribution in [3.8, 4) is 5.69 Å². The highest BCUT2D eigenvalue weighted by atomic mass is 16.1. The maximum absolute atomic E-state index is 11.9. The maximum Gasteiger partial charge on any atom is 0.253 e. The van der Waals surface area contributed by atoms with Crippen LogP contribution in [0.4, 0.5) is 5.69 Å². The third kappa shape index (κ3) is 4.44. The second-order valence-corrected chi connectivity index (χ2v) is 7.22. The first-order valence-corrected chi connectivity index (χ1v) is 9.69. The standard InChI is InChI=1S/C19H25N9O/c20-15-6-1-2-7-16(15)25-19-22-11-14(17(21)29)18(26-19)24-12-4-3-5-13(10-12)28-9-8-23-27-28/h3-5,8-11,15-16,19,24-26H,1-2,6-7,20H2,(H2,21,29)/t15-,16+,19?/m0/s1. The molecule has 7 N–H and O–H groups in total. The fourth-order valence-corrected chi connectivity index (χ4v) is 3.63. The van der Waals surface area contributed by atoms with E-state index in [1.54, 1.807) is 17.1 Å². The molecule has 1 amide bonds. The molecule has 0 spiro atoms. The summed E-state index contributed by atoms with van der Waals surface area (Å²) in [6, 6.07) is 7.85. The molecule has 1 unspecified atom stereocenters. The Morgan fingerprint density at radius 2 is 2.14 bits per heavy atom. The molecule has 2 aromatic rings. The lowest BCUT2D eigenvalue weighted by atomic mass is 9.91. The highest BCUT2D eigenvalue weighted by Gasteiger charge is 2.26. The molecular formula is C19H25N9O. The summed E-state index contributed by atoms with van der Waals surface area (Å²) >= 11 is 0. The summed E-state index contributed by atoms with van der Waals surface area (Å²) in [6.07, 6.45) is 8.76. The average Bonchev–Trinajstić information content (AvgIpc) is 3.25. The minimum atomic E-state index is -0.566. The van der Waals surface area contributed by atoms with Crippen LogP contribution in [0.5, 0.6) is 0 Å².